The van der Waals surface area contributed by atoms with Gasteiger partial charge in [0.25, 0.3) is 0 Å². The molecule has 3 aromatic carbocycles. The smallest absolute Gasteiger partial charge is 0.246 e. The van der Waals surface area contributed by atoms with Crippen molar-refractivity contribution in [2.75, 3.05) is 13.2 Å². The molecule has 31 heavy (non-hydrogen) atoms. The highest BCUT2D eigenvalue weighted by Gasteiger charge is 2.11. The lowest BCUT2D eigenvalue weighted by Crippen LogP contribution is -2.26. The first-order valence-corrected chi connectivity index (χ1v) is 10.6. The van der Waals surface area contributed by atoms with Crippen LogP contribution in [0.3, 0.4) is 0 Å². The maximum Gasteiger partial charge on any atom is 0.246 e. The van der Waals surface area contributed by atoms with Gasteiger partial charge in [0, 0.05) is 30.5 Å². The average molecular weight is 414 g/mol. The first-order valence-electron chi connectivity index (χ1n) is 10.6. The summed E-state index contributed by atoms with van der Waals surface area (Å²) in [7, 11) is 0. The number of ether oxygens (including phenoxy) is 1. The number of fused-ring (bicyclic) bond motifs is 2. The molecule has 1 amide bonds. The van der Waals surface area contributed by atoms with E-state index in [4.69, 9.17) is 9.72 Å². The number of hydrogen-bond donors (Lipinski definition) is 1. The zero-order valence-corrected chi connectivity index (χ0v) is 17.8. The Balaban J connectivity index is 1.42. The van der Waals surface area contributed by atoms with Crippen molar-refractivity contribution in [2.45, 2.75) is 26.3 Å². The third-order valence-electron chi connectivity index (χ3n) is 5.29. The molecular formula is C26H27N3O2. The van der Waals surface area contributed by atoms with E-state index in [1.54, 1.807) is 6.92 Å². The SMILES string of the molecule is C=C(C)C(=O)NCCc1nc2ccccc2n1CCCOc1cccc2ccccc12. The van der Waals surface area contributed by atoms with E-state index in [2.05, 4.69) is 40.7 Å². The van der Waals surface area contributed by atoms with Crippen LogP contribution in [0.5, 0.6) is 5.75 Å². The molecule has 0 atom stereocenters. The van der Waals surface area contributed by atoms with Crippen LogP contribution in [0.25, 0.3) is 21.8 Å². The predicted molar refractivity (Wildman–Crippen MR) is 125 cm³/mol. The van der Waals surface area contributed by atoms with Crippen molar-refractivity contribution in [2.24, 2.45) is 0 Å². The molecule has 0 saturated heterocycles. The molecule has 0 spiro atoms. The predicted octanol–water partition coefficient (Wildman–Crippen LogP) is 4.89. The molecule has 4 rings (SSSR count). The van der Waals surface area contributed by atoms with Gasteiger partial charge in [-0.25, -0.2) is 4.98 Å². The molecule has 0 saturated carbocycles. The van der Waals surface area contributed by atoms with Crippen LogP contribution < -0.4 is 10.1 Å². The van der Waals surface area contributed by atoms with Gasteiger partial charge in [0.2, 0.25) is 5.91 Å². The van der Waals surface area contributed by atoms with Gasteiger partial charge >= 0.3 is 0 Å². The summed E-state index contributed by atoms with van der Waals surface area (Å²) in [5, 5.41) is 5.20. The lowest BCUT2D eigenvalue weighted by atomic mass is 10.1. The number of aromatic nitrogens is 2. The Morgan fingerprint density at radius 2 is 1.84 bits per heavy atom. The van der Waals surface area contributed by atoms with Crippen molar-refractivity contribution in [3.8, 4) is 5.75 Å². The van der Waals surface area contributed by atoms with Gasteiger partial charge in [0.1, 0.15) is 11.6 Å². The summed E-state index contributed by atoms with van der Waals surface area (Å²) in [4.78, 5) is 16.6. The van der Waals surface area contributed by atoms with Crippen LogP contribution in [0, 0.1) is 0 Å². The van der Waals surface area contributed by atoms with E-state index in [9.17, 15) is 4.79 Å². The molecule has 0 unspecified atom stereocenters. The quantitative estimate of drug-likeness (QED) is 0.314. The summed E-state index contributed by atoms with van der Waals surface area (Å²) in [6, 6.07) is 22.5. The summed E-state index contributed by atoms with van der Waals surface area (Å²) in [6.45, 7) is 7.34. The molecule has 0 aliphatic rings. The summed E-state index contributed by atoms with van der Waals surface area (Å²) >= 11 is 0. The van der Waals surface area contributed by atoms with Crippen LogP contribution in [-0.2, 0) is 17.8 Å². The first kappa shape index (κ1) is 20.7. The highest BCUT2D eigenvalue weighted by atomic mass is 16.5. The van der Waals surface area contributed by atoms with E-state index < -0.39 is 0 Å². The number of carbonyl (C=O) groups excluding carboxylic acids is 1. The molecule has 1 aromatic heterocycles. The van der Waals surface area contributed by atoms with Crippen LogP contribution in [0.2, 0.25) is 0 Å². The molecule has 1 N–H and O–H groups in total. The zero-order valence-electron chi connectivity index (χ0n) is 17.8. The van der Waals surface area contributed by atoms with Gasteiger partial charge in [-0.1, -0.05) is 55.1 Å². The second kappa shape index (κ2) is 9.47. The third-order valence-corrected chi connectivity index (χ3v) is 5.29. The van der Waals surface area contributed by atoms with E-state index in [1.807, 2.05) is 42.5 Å². The Hall–Kier alpha value is -3.60. The molecule has 158 valence electrons. The number of amides is 1. The lowest BCUT2D eigenvalue weighted by Gasteiger charge is -2.12. The number of hydrogen-bond acceptors (Lipinski definition) is 3. The van der Waals surface area contributed by atoms with Gasteiger partial charge in [-0.05, 0) is 36.9 Å². The topological polar surface area (TPSA) is 56.2 Å². The fourth-order valence-electron chi connectivity index (χ4n) is 3.73. The van der Waals surface area contributed by atoms with E-state index >= 15 is 0 Å². The van der Waals surface area contributed by atoms with Crippen molar-refractivity contribution >= 4 is 27.7 Å². The minimum absolute atomic E-state index is 0.119. The van der Waals surface area contributed by atoms with Gasteiger partial charge in [-0.2, -0.15) is 0 Å². The minimum atomic E-state index is -0.119. The van der Waals surface area contributed by atoms with Gasteiger partial charge in [-0.3, -0.25) is 4.79 Å². The molecule has 0 radical (unpaired) electrons. The Morgan fingerprint density at radius 3 is 2.71 bits per heavy atom. The van der Waals surface area contributed by atoms with E-state index in [-0.39, 0.29) is 5.91 Å². The van der Waals surface area contributed by atoms with Crippen molar-refractivity contribution in [3.63, 3.8) is 0 Å². The Kier molecular flexibility index (Phi) is 6.32. The molecule has 0 aliphatic heterocycles. The average Bonchev–Trinajstić information content (AvgIpc) is 3.14. The summed E-state index contributed by atoms with van der Waals surface area (Å²) in [6.07, 6.45) is 1.52. The van der Waals surface area contributed by atoms with E-state index in [1.165, 1.54) is 5.39 Å². The second-order valence-electron chi connectivity index (χ2n) is 7.63. The third kappa shape index (κ3) is 4.77. The van der Waals surface area contributed by atoms with Gasteiger partial charge in [-0.15, -0.1) is 0 Å². The monoisotopic (exact) mass is 413 g/mol. The Labute approximate surface area is 182 Å². The summed E-state index contributed by atoms with van der Waals surface area (Å²) in [5.41, 5.74) is 2.59. The number of para-hydroxylation sites is 2. The van der Waals surface area contributed by atoms with Crippen LogP contribution in [0.15, 0.2) is 78.9 Å². The number of rotatable bonds is 9. The van der Waals surface area contributed by atoms with Crippen LogP contribution >= 0.6 is 0 Å². The fourth-order valence-corrected chi connectivity index (χ4v) is 3.73. The number of imidazole rings is 1. The van der Waals surface area contributed by atoms with Crippen molar-refractivity contribution in [1.82, 2.24) is 14.9 Å². The zero-order chi connectivity index (χ0) is 21.6. The minimum Gasteiger partial charge on any atom is -0.493 e. The highest BCUT2D eigenvalue weighted by Crippen LogP contribution is 2.25. The summed E-state index contributed by atoms with van der Waals surface area (Å²) in [5.74, 6) is 1.76. The first-order chi connectivity index (χ1) is 15.1. The van der Waals surface area contributed by atoms with Crippen LogP contribution in [0.1, 0.15) is 19.2 Å². The molecule has 4 aromatic rings. The maximum absolute atomic E-state index is 11.8. The van der Waals surface area contributed by atoms with Crippen LogP contribution in [-0.4, -0.2) is 28.6 Å². The number of nitrogens with one attached hydrogen (secondary N) is 1. The number of carbonyl (C=O) groups is 1. The largest absolute Gasteiger partial charge is 0.493 e. The lowest BCUT2D eigenvalue weighted by molar-refractivity contribution is -0.117. The van der Waals surface area contributed by atoms with Crippen LogP contribution in [0.4, 0.5) is 0 Å². The number of benzene rings is 3. The molecular weight excluding hydrogens is 386 g/mol. The molecule has 5 heteroatoms. The molecule has 5 nitrogen and oxygen atoms in total. The van der Waals surface area contributed by atoms with E-state index in [0.717, 1.165) is 41.0 Å². The fraction of sp³-hybridized carbons (Fsp3) is 0.231. The standard InChI is InChI=1S/C26H27N3O2/c1-19(2)26(30)27-16-15-25-28-22-12-5-6-13-23(22)29(25)17-8-18-31-24-14-7-10-20-9-3-4-11-21(20)24/h3-7,9-14H,1,8,15-18H2,2H3,(H,27,30). The van der Waals surface area contributed by atoms with Crippen molar-refractivity contribution in [1.29, 1.82) is 0 Å². The molecule has 0 aliphatic carbocycles. The summed E-state index contributed by atoms with van der Waals surface area (Å²) < 4.78 is 8.34. The number of nitrogens with zero attached hydrogens (tertiary/aromatic N) is 2. The molecule has 0 bridgehead atoms. The second-order valence-corrected chi connectivity index (χ2v) is 7.63. The van der Waals surface area contributed by atoms with Crippen molar-refractivity contribution in [3.05, 3.63) is 84.7 Å². The Bertz CT molecular complexity index is 1220. The van der Waals surface area contributed by atoms with E-state index in [0.29, 0.717) is 25.1 Å². The number of aryl methyl sites for hydroxylation is 1. The normalized spacial score (nSPS) is 11.0. The highest BCUT2D eigenvalue weighted by molar-refractivity contribution is 5.92. The molecule has 1 heterocycles. The van der Waals surface area contributed by atoms with Crippen molar-refractivity contribution < 1.29 is 9.53 Å². The van der Waals surface area contributed by atoms with Gasteiger partial charge in [0.15, 0.2) is 0 Å². The molecule has 0 fully saturated rings. The Morgan fingerprint density at radius 1 is 1.06 bits per heavy atom. The maximum atomic E-state index is 11.8. The van der Waals surface area contributed by atoms with Gasteiger partial charge in [0.05, 0.1) is 17.6 Å². The van der Waals surface area contributed by atoms with Gasteiger partial charge < -0.3 is 14.6 Å².